The average molecular weight is 376 g/mol. The largest absolute Gasteiger partial charge is 0.363 e. The van der Waals surface area contributed by atoms with Crippen molar-refractivity contribution in [2.24, 2.45) is 0 Å². The summed E-state index contributed by atoms with van der Waals surface area (Å²) in [6.07, 6.45) is 0. The molecule has 0 atom stereocenters. The zero-order chi connectivity index (χ0) is 19.4. The molecule has 1 saturated heterocycles. The minimum atomic E-state index is -0.829. The number of carbonyl (C=O) groups excluding carboxylic acids is 1. The summed E-state index contributed by atoms with van der Waals surface area (Å²) in [5.74, 6) is -1.94. The minimum absolute atomic E-state index is 0.0514. The van der Waals surface area contributed by atoms with E-state index in [4.69, 9.17) is 0 Å². The number of anilines is 2. The molecule has 1 fully saturated rings. The number of piperazine rings is 1. The first kappa shape index (κ1) is 18.7. The van der Waals surface area contributed by atoms with Gasteiger partial charge in [0.25, 0.3) is 5.69 Å². The highest BCUT2D eigenvalue weighted by Gasteiger charge is 2.24. The van der Waals surface area contributed by atoms with Crippen molar-refractivity contribution in [1.82, 2.24) is 4.90 Å². The summed E-state index contributed by atoms with van der Waals surface area (Å²) in [4.78, 5) is 26.6. The third-order valence-corrected chi connectivity index (χ3v) is 4.36. The average Bonchev–Trinajstić information content (AvgIpc) is 2.64. The second kappa shape index (κ2) is 8.09. The van der Waals surface area contributed by atoms with Crippen molar-refractivity contribution in [1.29, 1.82) is 0 Å². The van der Waals surface area contributed by atoms with Gasteiger partial charge in [0.1, 0.15) is 17.3 Å². The third-order valence-electron chi connectivity index (χ3n) is 4.36. The predicted molar refractivity (Wildman–Crippen MR) is 96.7 cm³/mol. The summed E-state index contributed by atoms with van der Waals surface area (Å²) < 4.78 is 26.5. The number of amides is 1. The molecule has 1 aliphatic heterocycles. The Morgan fingerprint density at radius 1 is 1.11 bits per heavy atom. The maximum Gasteiger partial charge on any atom is 0.292 e. The van der Waals surface area contributed by atoms with Gasteiger partial charge in [-0.3, -0.25) is 19.8 Å². The zero-order valence-electron chi connectivity index (χ0n) is 14.4. The zero-order valence-corrected chi connectivity index (χ0v) is 14.4. The molecule has 1 heterocycles. The number of halogens is 2. The Bertz CT molecular complexity index is 854. The normalized spacial score (nSPS) is 14.8. The van der Waals surface area contributed by atoms with Crippen LogP contribution >= 0.6 is 0 Å². The van der Waals surface area contributed by atoms with E-state index in [2.05, 4.69) is 5.32 Å². The molecular formula is C18H18F2N4O3. The van der Waals surface area contributed by atoms with Crippen molar-refractivity contribution >= 4 is 23.0 Å². The fourth-order valence-corrected chi connectivity index (χ4v) is 3.02. The molecule has 2 aromatic rings. The molecule has 0 spiro atoms. The highest BCUT2D eigenvalue weighted by atomic mass is 19.1. The van der Waals surface area contributed by atoms with Crippen molar-refractivity contribution in [2.75, 3.05) is 42.9 Å². The van der Waals surface area contributed by atoms with E-state index in [1.165, 1.54) is 12.1 Å². The molecule has 1 amide bonds. The summed E-state index contributed by atoms with van der Waals surface area (Å²) in [6, 6.07) is 9.50. The van der Waals surface area contributed by atoms with Crippen molar-refractivity contribution in [3.63, 3.8) is 0 Å². The molecule has 0 radical (unpaired) electrons. The Balaban J connectivity index is 1.55. The first-order valence-electron chi connectivity index (χ1n) is 8.39. The number of nitro groups is 1. The van der Waals surface area contributed by atoms with Gasteiger partial charge in [-0.25, -0.2) is 8.78 Å². The van der Waals surface area contributed by atoms with E-state index in [-0.39, 0.29) is 17.9 Å². The first-order valence-corrected chi connectivity index (χ1v) is 8.39. The first-order chi connectivity index (χ1) is 12.9. The van der Waals surface area contributed by atoms with Crippen LogP contribution in [-0.4, -0.2) is 48.5 Å². The maximum absolute atomic E-state index is 13.6. The van der Waals surface area contributed by atoms with Gasteiger partial charge < -0.3 is 10.2 Å². The van der Waals surface area contributed by atoms with E-state index in [1.807, 2.05) is 9.80 Å². The van der Waals surface area contributed by atoms with Crippen molar-refractivity contribution in [3.8, 4) is 0 Å². The van der Waals surface area contributed by atoms with Gasteiger partial charge in [0.05, 0.1) is 17.2 Å². The molecule has 1 aliphatic rings. The summed E-state index contributed by atoms with van der Waals surface area (Å²) in [5, 5.41) is 13.6. The SMILES string of the molecule is O=C(CN1CCN(c2ccccc2[N+](=O)[O-])CC1)Nc1ccc(F)cc1F. The number of benzene rings is 2. The molecule has 9 heteroatoms. The molecule has 2 aromatic carbocycles. The van der Waals surface area contributed by atoms with Crippen molar-refractivity contribution in [2.45, 2.75) is 0 Å². The Hall–Kier alpha value is -3.07. The second-order valence-electron chi connectivity index (χ2n) is 6.18. The lowest BCUT2D eigenvalue weighted by molar-refractivity contribution is -0.384. The Morgan fingerprint density at radius 2 is 1.81 bits per heavy atom. The molecule has 1 N–H and O–H groups in total. The number of nitro benzene ring substituents is 1. The van der Waals surface area contributed by atoms with Crippen LogP contribution in [0.5, 0.6) is 0 Å². The molecule has 0 aromatic heterocycles. The van der Waals surface area contributed by atoms with Gasteiger partial charge in [-0.05, 0) is 18.2 Å². The van der Waals surface area contributed by atoms with Crippen LogP contribution in [0.3, 0.4) is 0 Å². The Kier molecular flexibility index (Phi) is 5.60. The minimum Gasteiger partial charge on any atom is -0.363 e. The number of rotatable bonds is 5. The second-order valence-corrected chi connectivity index (χ2v) is 6.18. The number of carbonyl (C=O) groups is 1. The molecule has 0 bridgehead atoms. The highest BCUT2D eigenvalue weighted by Crippen LogP contribution is 2.28. The third kappa shape index (κ3) is 4.56. The number of hydrogen-bond acceptors (Lipinski definition) is 5. The lowest BCUT2D eigenvalue weighted by atomic mass is 10.2. The molecular weight excluding hydrogens is 358 g/mol. The van der Waals surface area contributed by atoms with Gasteiger partial charge in [0.2, 0.25) is 5.91 Å². The van der Waals surface area contributed by atoms with E-state index in [0.29, 0.717) is 37.9 Å². The molecule has 27 heavy (non-hydrogen) atoms. The fraction of sp³-hybridized carbons (Fsp3) is 0.278. The van der Waals surface area contributed by atoms with Crippen LogP contribution in [0, 0.1) is 21.7 Å². The van der Waals surface area contributed by atoms with E-state index < -0.39 is 22.5 Å². The van der Waals surface area contributed by atoms with Gasteiger partial charge in [-0.2, -0.15) is 0 Å². The van der Waals surface area contributed by atoms with Crippen LogP contribution in [-0.2, 0) is 4.79 Å². The molecule has 0 saturated carbocycles. The number of nitrogens with zero attached hydrogens (tertiary/aromatic N) is 3. The van der Waals surface area contributed by atoms with Gasteiger partial charge in [0.15, 0.2) is 0 Å². The predicted octanol–water partition coefficient (Wildman–Crippen LogP) is 2.63. The highest BCUT2D eigenvalue weighted by molar-refractivity contribution is 5.92. The number of hydrogen-bond donors (Lipinski definition) is 1. The van der Waals surface area contributed by atoms with Crippen molar-refractivity contribution < 1.29 is 18.5 Å². The Morgan fingerprint density at radius 3 is 2.48 bits per heavy atom. The number of para-hydroxylation sites is 2. The Labute approximate surface area is 154 Å². The van der Waals surface area contributed by atoms with Gasteiger partial charge in [-0.15, -0.1) is 0 Å². The maximum atomic E-state index is 13.6. The lowest BCUT2D eigenvalue weighted by Crippen LogP contribution is -2.48. The van der Waals surface area contributed by atoms with Gasteiger partial charge in [0, 0.05) is 38.3 Å². The standard InChI is InChI=1S/C18H18F2N4O3/c19-13-5-6-15(14(20)11-13)21-18(25)12-22-7-9-23(10-8-22)16-3-1-2-4-17(16)24(26)27/h1-6,11H,7-10,12H2,(H,21,25). The molecule has 0 unspecified atom stereocenters. The molecule has 142 valence electrons. The molecule has 7 nitrogen and oxygen atoms in total. The summed E-state index contributed by atoms with van der Waals surface area (Å²) >= 11 is 0. The van der Waals surface area contributed by atoms with Gasteiger partial charge in [-0.1, -0.05) is 12.1 Å². The van der Waals surface area contributed by atoms with E-state index in [0.717, 1.165) is 6.07 Å². The van der Waals surface area contributed by atoms with Crippen LogP contribution in [0.25, 0.3) is 0 Å². The van der Waals surface area contributed by atoms with Crippen LogP contribution in [0.15, 0.2) is 42.5 Å². The van der Waals surface area contributed by atoms with E-state index in [1.54, 1.807) is 18.2 Å². The van der Waals surface area contributed by atoms with E-state index in [9.17, 15) is 23.7 Å². The fourth-order valence-electron chi connectivity index (χ4n) is 3.02. The monoisotopic (exact) mass is 376 g/mol. The van der Waals surface area contributed by atoms with Crippen LogP contribution in [0.2, 0.25) is 0 Å². The van der Waals surface area contributed by atoms with Crippen LogP contribution in [0.1, 0.15) is 0 Å². The summed E-state index contributed by atoms with van der Waals surface area (Å²) in [7, 11) is 0. The number of nitrogens with one attached hydrogen (secondary N) is 1. The summed E-state index contributed by atoms with van der Waals surface area (Å²) in [5.41, 5.74) is 0.537. The topological polar surface area (TPSA) is 78.7 Å². The molecule has 0 aliphatic carbocycles. The van der Waals surface area contributed by atoms with E-state index >= 15 is 0 Å². The van der Waals surface area contributed by atoms with Crippen molar-refractivity contribution in [3.05, 3.63) is 64.2 Å². The summed E-state index contributed by atoms with van der Waals surface area (Å²) in [6.45, 7) is 2.18. The van der Waals surface area contributed by atoms with Crippen LogP contribution < -0.4 is 10.2 Å². The van der Waals surface area contributed by atoms with Gasteiger partial charge >= 0.3 is 0 Å². The lowest BCUT2D eigenvalue weighted by Gasteiger charge is -2.35. The smallest absolute Gasteiger partial charge is 0.292 e. The van der Waals surface area contributed by atoms with Crippen LogP contribution in [0.4, 0.5) is 25.8 Å². The quantitative estimate of drug-likeness (QED) is 0.641. The molecule has 3 rings (SSSR count).